The van der Waals surface area contributed by atoms with Crippen LogP contribution in [0.25, 0.3) is 0 Å². The maximum Gasteiger partial charge on any atom is 0.151 e. The van der Waals surface area contributed by atoms with Crippen molar-refractivity contribution in [3.8, 4) is 0 Å². The molecule has 0 spiro atoms. The molecule has 2 N–H and O–H groups in total. The van der Waals surface area contributed by atoms with E-state index < -0.39 is 0 Å². The predicted octanol–water partition coefficient (Wildman–Crippen LogP) is 0.728. The topological polar surface area (TPSA) is 64.3 Å². The first-order valence-corrected chi connectivity index (χ1v) is 5.93. The zero-order chi connectivity index (χ0) is 12.5. The molecule has 1 aliphatic rings. The molecular weight excluding hydrogens is 216 g/mol. The molecule has 1 aliphatic heterocycles. The third-order valence-corrected chi connectivity index (χ3v) is 2.85. The van der Waals surface area contributed by atoms with Gasteiger partial charge in [-0.05, 0) is 32.9 Å². The number of hydrogen-bond donors (Lipinski definition) is 1. The van der Waals surface area contributed by atoms with Crippen molar-refractivity contribution in [2.24, 2.45) is 5.73 Å². The van der Waals surface area contributed by atoms with Crippen LogP contribution < -0.4 is 10.6 Å². The Kier molecular flexibility index (Phi) is 3.31. The van der Waals surface area contributed by atoms with Crippen LogP contribution in [-0.2, 0) is 4.74 Å². The average molecular weight is 236 g/mol. The lowest BCUT2D eigenvalue weighted by molar-refractivity contribution is -0.0790. The van der Waals surface area contributed by atoms with Gasteiger partial charge in [0.25, 0.3) is 0 Å². The average Bonchev–Trinajstić information content (AvgIpc) is 2.27. The van der Waals surface area contributed by atoms with E-state index in [2.05, 4.69) is 28.9 Å². The van der Waals surface area contributed by atoms with Gasteiger partial charge in [0, 0.05) is 19.6 Å². The van der Waals surface area contributed by atoms with E-state index >= 15 is 0 Å². The van der Waals surface area contributed by atoms with E-state index in [-0.39, 0.29) is 11.7 Å². The highest BCUT2D eigenvalue weighted by atomic mass is 16.5. The number of aryl methyl sites for hydroxylation is 1. The van der Waals surface area contributed by atoms with Gasteiger partial charge in [0.2, 0.25) is 0 Å². The molecule has 94 valence electrons. The SMILES string of the molecule is Cc1ccc(N2CC(CN)OC(C)(C)C2)nn1. The maximum absolute atomic E-state index is 5.88. The Hall–Kier alpha value is -1.20. The van der Waals surface area contributed by atoms with Crippen LogP contribution in [0.1, 0.15) is 19.5 Å². The molecule has 0 radical (unpaired) electrons. The minimum atomic E-state index is -0.200. The van der Waals surface area contributed by atoms with Gasteiger partial charge in [0.05, 0.1) is 17.4 Å². The van der Waals surface area contributed by atoms with E-state index in [1.54, 1.807) is 0 Å². The Balaban J connectivity index is 2.17. The molecule has 1 fully saturated rings. The van der Waals surface area contributed by atoms with Crippen LogP contribution in [-0.4, -0.2) is 41.5 Å². The number of anilines is 1. The lowest BCUT2D eigenvalue weighted by atomic mass is 10.1. The van der Waals surface area contributed by atoms with Crippen molar-refractivity contribution in [1.29, 1.82) is 0 Å². The molecule has 1 saturated heterocycles. The molecule has 0 saturated carbocycles. The second-order valence-corrected chi connectivity index (χ2v) is 5.15. The lowest BCUT2D eigenvalue weighted by Crippen LogP contribution is -2.55. The lowest BCUT2D eigenvalue weighted by Gasteiger charge is -2.42. The number of aromatic nitrogens is 2. The molecule has 2 heterocycles. The molecule has 2 rings (SSSR count). The first-order valence-electron chi connectivity index (χ1n) is 5.93. The second kappa shape index (κ2) is 4.58. The molecule has 0 amide bonds. The van der Waals surface area contributed by atoms with Crippen molar-refractivity contribution < 1.29 is 4.74 Å². The van der Waals surface area contributed by atoms with Crippen LogP contribution in [0.15, 0.2) is 12.1 Å². The summed E-state index contributed by atoms with van der Waals surface area (Å²) in [5, 5.41) is 8.31. The molecule has 1 aromatic rings. The van der Waals surface area contributed by atoms with Gasteiger partial charge in [-0.3, -0.25) is 0 Å². The number of hydrogen-bond acceptors (Lipinski definition) is 5. The van der Waals surface area contributed by atoms with Gasteiger partial charge < -0.3 is 15.4 Å². The van der Waals surface area contributed by atoms with E-state index in [9.17, 15) is 0 Å². The zero-order valence-corrected chi connectivity index (χ0v) is 10.7. The van der Waals surface area contributed by atoms with Crippen LogP contribution in [0.4, 0.5) is 5.82 Å². The third-order valence-electron chi connectivity index (χ3n) is 2.85. The van der Waals surface area contributed by atoms with Crippen LogP contribution >= 0.6 is 0 Å². The highest BCUT2D eigenvalue weighted by molar-refractivity contribution is 5.38. The largest absolute Gasteiger partial charge is 0.367 e. The Bertz CT molecular complexity index is 377. The number of nitrogens with zero attached hydrogens (tertiary/aromatic N) is 3. The molecule has 17 heavy (non-hydrogen) atoms. The number of ether oxygens (including phenoxy) is 1. The van der Waals surface area contributed by atoms with Crippen molar-refractivity contribution in [2.45, 2.75) is 32.5 Å². The van der Waals surface area contributed by atoms with E-state index in [1.807, 2.05) is 19.1 Å². The summed E-state index contributed by atoms with van der Waals surface area (Å²) in [6, 6.07) is 3.97. The van der Waals surface area contributed by atoms with Crippen molar-refractivity contribution in [1.82, 2.24) is 10.2 Å². The van der Waals surface area contributed by atoms with E-state index in [0.29, 0.717) is 6.54 Å². The van der Waals surface area contributed by atoms with E-state index in [1.165, 1.54) is 0 Å². The normalized spacial score (nSPS) is 23.8. The van der Waals surface area contributed by atoms with Crippen LogP contribution in [0, 0.1) is 6.92 Å². The summed E-state index contributed by atoms with van der Waals surface area (Å²) in [5.74, 6) is 0.894. The van der Waals surface area contributed by atoms with Gasteiger partial charge in [-0.1, -0.05) is 0 Å². The fraction of sp³-hybridized carbons (Fsp3) is 0.667. The summed E-state index contributed by atoms with van der Waals surface area (Å²) in [4.78, 5) is 2.19. The molecule has 1 aromatic heterocycles. The van der Waals surface area contributed by atoms with Crippen LogP contribution in [0.3, 0.4) is 0 Å². The first-order chi connectivity index (χ1) is 8.00. The fourth-order valence-corrected chi connectivity index (χ4v) is 2.15. The summed E-state index contributed by atoms with van der Waals surface area (Å²) in [6.45, 7) is 8.19. The van der Waals surface area contributed by atoms with Gasteiger partial charge in [0.1, 0.15) is 0 Å². The number of rotatable bonds is 2. The van der Waals surface area contributed by atoms with Crippen LogP contribution in [0.5, 0.6) is 0 Å². The van der Waals surface area contributed by atoms with Gasteiger partial charge in [-0.2, -0.15) is 5.10 Å². The Morgan fingerprint density at radius 3 is 2.82 bits per heavy atom. The molecule has 5 heteroatoms. The summed E-state index contributed by atoms with van der Waals surface area (Å²) in [6.07, 6.45) is 0.0573. The fourth-order valence-electron chi connectivity index (χ4n) is 2.15. The maximum atomic E-state index is 5.88. The molecule has 1 unspecified atom stereocenters. The van der Waals surface area contributed by atoms with Crippen molar-refractivity contribution in [3.05, 3.63) is 17.8 Å². The highest BCUT2D eigenvalue weighted by Crippen LogP contribution is 2.24. The van der Waals surface area contributed by atoms with Gasteiger partial charge >= 0.3 is 0 Å². The molecule has 0 aromatic carbocycles. The predicted molar refractivity (Wildman–Crippen MR) is 67.0 cm³/mol. The number of morpholine rings is 1. The van der Waals surface area contributed by atoms with Gasteiger partial charge in [0.15, 0.2) is 5.82 Å². The van der Waals surface area contributed by atoms with Crippen molar-refractivity contribution >= 4 is 5.82 Å². The molecule has 0 bridgehead atoms. The van der Waals surface area contributed by atoms with Crippen LogP contribution in [0.2, 0.25) is 0 Å². The molecule has 5 nitrogen and oxygen atoms in total. The summed E-state index contributed by atoms with van der Waals surface area (Å²) >= 11 is 0. The summed E-state index contributed by atoms with van der Waals surface area (Å²) in [7, 11) is 0. The van der Waals surface area contributed by atoms with Crippen molar-refractivity contribution in [3.63, 3.8) is 0 Å². The zero-order valence-electron chi connectivity index (χ0n) is 10.7. The van der Waals surface area contributed by atoms with Crippen molar-refractivity contribution in [2.75, 3.05) is 24.5 Å². The highest BCUT2D eigenvalue weighted by Gasteiger charge is 2.33. The third kappa shape index (κ3) is 2.92. The van der Waals surface area contributed by atoms with Gasteiger partial charge in [-0.15, -0.1) is 5.10 Å². The smallest absolute Gasteiger partial charge is 0.151 e. The summed E-state index contributed by atoms with van der Waals surface area (Å²) in [5.41, 5.74) is 6.43. The minimum Gasteiger partial charge on any atom is -0.367 e. The Morgan fingerprint density at radius 1 is 1.47 bits per heavy atom. The standard InChI is InChI=1S/C12H20N4O/c1-9-4-5-11(15-14-9)16-7-10(6-13)17-12(2,3)8-16/h4-5,10H,6-8,13H2,1-3H3. The Morgan fingerprint density at radius 2 is 2.24 bits per heavy atom. The number of nitrogens with two attached hydrogens (primary N) is 1. The molecule has 1 atom stereocenters. The van der Waals surface area contributed by atoms with E-state index in [4.69, 9.17) is 10.5 Å². The summed E-state index contributed by atoms with van der Waals surface area (Å²) < 4.78 is 5.88. The molecular formula is C12H20N4O. The quantitative estimate of drug-likeness (QED) is 0.820. The molecule has 0 aliphatic carbocycles. The van der Waals surface area contributed by atoms with Gasteiger partial charge in [-0.25, -0.2) is 0 Å². The first kappa shape index (κ1) is 12.3. The van der Waals surface area contributed by atoms with E-state index in [0.717, 1.165) is 24.6 Å². The second-order valence-electron chi connectivity index (χ2n) is 5.15. The monoisotopic (exact) mass is 236 g/mol. The Labute approximate surface area is 102 Å². The minimum absolute atomic E-state index is 0.0573.